The van der Waals surface area contributed by atoms with Crippen LogP contribution in [0.1, 0.15) is 30.7 Å². The fourth-order valence-electron chi connectivity index (χ4n) is 2.44. The van der Waals surface area contributed by atoms with E-state index in [-0.39, 0.29) is 11.7 Å². The van der Waals surface area contributed by atoms with Gasteiger partial charge in [0, 0.05) is 11.8 Å². The number of ether oxygens (including phenoxy) is 1. The zero-order valence-corrected chi connectivity index (χ0v) is 17.9. The molecular weight excluding hydrogens is 394 g/mol. The molecule has 2 amide bonds. The maximum absolute atomic E-state index is 12.3. The van der Waals surface area contributed by atoms with Crippen molar-refractivity contribution in [3.8, 4) is 0 Å². The molecule has 0 aliphatic rings. The minimum absolute atomic E-state index is 0.0621. The number of anilines is 2. The summed E-state index contributed by atoms with van der Waals surface area (Å²) in [6, 6.07) is 7.29. The minimum atomic E-state index is -0.954. The molecule has 0 radical (unpaired) electrons. The third-order valence-electron chi connectivity index (χ3n) is 4.11. The van der Waals surface area contributed by atoms with Gasteiger partial charge in [0.15, 0.2) is 11.9 Å². The SMILES string of the molecule is Cc1cc(NC(=O)[C@H](C)SCC(=O)O[C@H](C)C(=O)Nc2c(C)cccc2C)no1. The van der Waals surface area contributed by atoms with Crippen LogP contribution in [0.25, 0.3) is 0 Å². The molecule has 0 saturated heterocycles. The molecule has 2 N–H and O–H groups in total. The van der Waals surface area contributed by atoms with Gasteiger partial charge < -0.3 is 19.9 Å². The Kier molecular flexibility index (Phi) is 7.83. The van der Waals surface area contributed by atoms with E-state index in [0.717, 1.165) is 22.9 Å². The van der Waals surface area contributed by atoms with E-state index >= 15 is 0 Å². The number of rotatable bonds is 8. The zero-order chi connectivity index (χ0) is 21.6. The normalized spacial score (nSPS) is 12.7. The van der Waals surface area contributed by atoms with Crippen LogP contribution in [-0.2, 0) is 19.1 Å². The second-order valence-electron chi connectivity index (χ2n) is 6.65. The maximum atomic E-state index is 12.3. The smallest absolute Gasteiger partial charge is 0.316 e. The number of benzene rings is 1. The number of nitrogens with one attached hydrogen (secondary N) is 2. The van der Waals surface area contributed by atoms with E-state index in [4.69, 9.17) is 9.26 Å². The Labute approximate surface area is 173 Å². The lowest BCUT2D eigenvalue weighted by atomic mass is 10.1. The van der Waals surface area contributed by atoms with Crippen molar-refractivity contribution in [2.75, 3.05) is 16.4 Å². The van der Waals surface area contributed by atoms with Crippen molar-refractivity contribution in [3.63, 3.8) is 0 Å². The lowest BCUT2D eigenvalue weighted by Crippen LogP contribution is -2.31. The molecule has 0 aliphatic heterocycles. The molecule has 1 aromatic carbocycles. The molecule has 1 heterocycles. The van der Waals surface area contributed by atoms with E-state index in [1.807, 2.05) is 32.0 Å². The van der Waals surface area contributed by atoms with E-state index < -0.39 is 23.2 Å². The molecule has 0 unspecified atom stereocenters. The number of esters is 1. The van der Waals surface area contributed by atoms with Crippen molar-refractivity contribution in [1.29, 1.82) is 0 Å². The van der Waals surface area contributed by atoms with E-state index in [2.05, 4.69) is 15.8 Å². The van der Waals surface area contributed by atoms with Gasteiger partial charge in [0.25, 0.3) is 5.91 Å². The first-order valence-electron chi connectivity index (χ1n) is 9.09. The fraction of sp³-hybridized carbons (Fsp3) is 0.400. The number of nitrogens with zero attached hydrogens (tertiary/aromatic N) is 1. The van der Waals surface area contributed by atoms with E-state index in [1.165, 1.54) is 6.92 Å². The third-order valence-corrected chi connectivity index (χ3v) is 5.22. The minimum Gasteiger partial charge on any atom is -0.452 e. The molecule has 9 heteroatoms. The second-order valence-corrected chi connectivity index (χ2v) is 7.98. The van der Waals surface area contributed by atoms with Gasteiger partial charge in [-0.15, -0.1) is 11.8 Å². The Balaban J connectivity index is 1.78. The summed E-state index contributed by atoms with van der Waals surface area (Å²) in [6.45, 7) is 8.67. The summed E-state index contributed by atoms with van der Waals surface area (Å²) in [5, 5.41) is 8.57. The molecule has 2 rings (SSSR count). The van der Waals surface area contributed by atoms with Gasteiger partial charge in [-0.05, 0) is 45.7 Å². The topological polar surface area (TPSA) is 111 Å². The van der Waals surface area contributed by atoms with Crippen molar-refractivity contribution in [2.24, 2.45) is 0 Å². The molecule has 0 bridgehead atoms. The van der Waals surface area contributed by atoms with E-state index in [0.29, 0.717) is 17.3 Å². The van der Waals surface area contributed by atoms with Crippen molar-refractivity contribution in [2.45, 2.75) is 46.0 Å². The highest BCUT2D eigenvalue weighted by Gasteiger charge is 2.21. The Hall–Kier alpha value is -2.81. The molecule has 156 valence electrons. The number of hydrogen-bond acceptors (Lipinski definition) is 7. The lowest BCUT2D eigenvalue weighted by molar-refractivity contribution is -0.150. The highest BCUT2D eigenvalue weighted by Crippen LogP contribution is 2.20. The standard InChI is InChI=1S/C20H25N3O5S/c1-11-7-6-8-12(2)18(11)22-19(25)14(4)27-17(24)10-29-15(5)20(26)21-16-9-13(3)28-23-16/h6-9,14-15H,10H2,1-5H3,(H,22,25)(H,21,23,26)/t14-,15+/m1/s1. The molecule has 0 aliphatic carbocycles. The Bertz CT molecular complexity index is 876. The molecule has 0 spiro atoms. The predicted molar refractivity (Wildman–Crippen MR) is 112 cm³/mol. The van der Waals surface area contributed by atoms with Crippen LogP contribution in [0.15, 0.2) is 28.8 Å². The third kappa shape index (κ3) is 6.63. The summed E-state index contributed by atoms with van der Waals surface area (Å²) >= 11 is 1.10. The average Bonchev–Trinajstić information content (AvgIpc) is 3.07. The van der Waals surface area contributed by atoms with Gasteiger partial charge in [0.2, 0.25) is 5.91 Å². The molecular formula is C20H25N3O5S. The van der Waals surface area contributed by atoms with Gasteiger partial charge in [0.05, 0.1) is 11.0 Å². The number of carbonyl (C=O) groups is 3. The monoisotopic (exact) mass is 419 g/mol. The number of carbonyl (C=O) groups excluding carboxylic acids is 3. The van der Waals surface area contributed by atoms with Crippen LogP contribution in [0.3, 0.4) is 0 Å². The first-order chi connectivity index (χ1) is 13.7. The van der Waals surface area contributed by atoms with Crippen molar-refractivity contribution in [1.82, 2.24) is 5.16 Å². The Morgan fingerprint density at radius 1 is 1.10 bits per heavy atom. The van der Waals surface area contributed by atoms with Gasteiger partial charge in [-0.25, -0.2) is 0 Å². The number of aryl methyl sites for hydroxylation is 3. The van der Waals surface area contributed by atoms with Crippen molar-refractivity contribution < 1.29 is 23.6 Å². The molecule has 29 heavy (non-hydrogen) atoms. The van der Waals surface area contributed by atoms with Gasteiger partial charge in [-0.3, -0.25) is 14.4 Å². The first kappa shape index (κ1) is 22.5. The van der Waals surface area contributed by atoms with Crippen LogP contribution < -0.4 is 10.6 Å². The van der Waals surface area contributed by atoms with Crippen molar-refractivity contribution in [3.05, 3.63) is 41.2 Å². The van der Waals surface area contributed by atoms with Crippen LogP contribution in [0.4, 0.5) is 11.5 Å². The maximum Gasteiger partial charge on any atom is 0.316 e. The number of hydrogen-bond donors (Lipinski definition) is 2. The largest absolute Gasteiger partial charge is 0.452 e. The van der Waals surface area contributed by atoms with Crippen LogP contribution in [0, 0.1) is 20.8 Å². The number of aromatic nitrogens is 1. The first-order valence-corrected chi connectivity index (χ1v) is 10.1. The van der Waals surface area contributed by atoms with E-state index in [1.54, 1.807) is 19.9 Å². The summed E-state index contributed by atoms with van der Waals surface area (Å²) < 4.78 is 10.1. The van der Waals surface area contributed by atoms with Crippen LogP contribution in [-0.4, -0.2) is 40.0 Å². The summed E-state index contributed by atoms with van der Waals surface area (Å²) in [4.78, 5) is 36.5. The highest BCUT2D eigenvalue weighted by molar-refractivity contribution is 8.01. The van der Waals surface area contributed by atoms with Crippen LogP contribution >= 0.6 is 11.8 Å². The summed E-state index contributed by atoms with van der Waals surface area (Å²) in [5.41, 5.74) is 2.56. The molecule has 2 atom stereocenters. The number of amides is 2. The number of thioether (sulfide) groups is 1. The zero-order valence-electron chi connectivity index (χ0n) is 17.1. The quantitative estimate of drug-likeness (QED) is 0.632. The molecule has 1 aromatic heterocycles. The van der Waals surface area contributed by atoms with Crippen LogP contribution in [0.2, 0.25) is 0 Å². The van der Waals surface area contributed by atoms with Gasteiger partial charge in [-0.2, -0.15) is 0 Å². The highest BCUT2D eigenvalue weighted by atomic mass is 32.2. The number of para-hydroxylation sites is 1. The summed E-state index contributed by atoms with van der Waals surface area (Å²) in [6.07, 6.45) is -0.954. The van der Waals surface area contributed by atoms with Gasteiger partial charge >= 0.3 is 5.97 Å². The van der Waals surface area contributed by atoms with Gasteiger partial charge in [0.1, 0.15) is 5.76 Å². The molecule has 2 aromatic rings. The average molecular weight is 420 g/mol. The Morgan fingerprint density at radius 2 is 1.76 bits per heavy atom. The van der Waals surface area contributed by atoms with Crippen LogP contribution in [0.5, 0.6) is 0 Å². The molecule has 8 nitrogen and oxygen atoms in total. The Morgan fingerprint density at radius 3 is 2.34 bits per heavy atom. The summed E-state index contributed by atoms with van der Waals surface area (Å²) in [7, 11) is 0. The van der Waals surface area contributed by atoms with Crippen molar-refractivity contribution >= 4 is 41.1 Å². The van der Waals surface area contributed by atoms with Gasteiger partial charge in [-0.1, -0.05) is 23.4 Å². The molecule has 0 fully saturated rings. The molecule has 0 saturated carbocycles. The van der Waals surface area contributed by atoms with E-state index in [9.17, 15) is 14.4 Å². The second kappa shape index (κ2) is 10.1. The lowest BCUT2D eigenvalue weighted by Gasteiger charge is -2.16. The predicted octanol–water partition coefficient (Wildman–Crippen LogP) is 3.23. The fourth-order valence-corrected chi connectivity index (χ4v) is 3.11. The summed E-state index contributed by atoms with van der Waals surface area (Å²) in [5.74, 6) is -0.453.